The number of nitrogens with one attached hydrogen (secondary N) is 1. The Kier molecular flexibility index (Phi) is 5.91. The largest absolute Gasteiger partial charge is 0.405 e. The molecule has 7 nitrogen and oxygen atoms in total. The normalized spacial score (nSPS) is 19.1. The summed E-state index contributed by atoms with van der Waals surface area (Å²) in [5, 5.41) is 1.70. The maximum absolute atomic E-state index is 12.7. The van der Waals surface area contributed by atoms with Crippen LogP contribution < -0.4 is 11.1 Å². The van der Waals surface area contributed by atoms with Crippen molar-refractivity contribution in [2.75, 3.05) is 13.1 Å². The lowest BCUT2D eigenvalue weighted by atomic mass is 10.0. The fourth-order valence-electron chi connectivity index (χ4n) is 2.67. The number of sulfonamides is 1. The zero-order valence-corrected chi connectivity index (χ0v) is 14.4. The van der Waals surface area contributed by atoms with Crippen LogP contribution >= 0.6 is 0 Å². The molecule has 1 aromatic rings. The number of piperidine rings is 1. The molecule has 3 N–H and O–H groups in total. The van der Waals surface area contributed by atoms with Crippen LogP contribution in [-0.2, 0) is 14.8 Å². The van der Waals surface area contributed by atoms with Crippen molar-refractivity contribution >= 4 is 21.8 Å². The van der Waals surface area contributed by atoms with Crippen LogP contribution in [-0.4, -0.2) is 49.8 Å². The third-order valence-electron chi connectivity index (χ3n) is 3.95. The van der Waals surface area contributed by atoms with Crippen LogP contribution in [0, 0.1) is 0 Å². The summed E-state index contributed by atoms with van der Waals surface area (Å²) >= 11 is 0. The van der Waals surface area contributed by atoms with Gasteiger partial charge in [0.1, 0.15) is 12.6 Å². The molecule has 1 saturated heterocycles. The Morgan fingerprint density at radius 1 is 1.19 bits per heavy atom. The van der Waals surface area contributed by atoms with E-state index < -0.39 is 40.6 Å². The number of primary amides is 1. The van der Waals surface area contributed by atoms with Gasteiger partial charge in [-0.25, -0.2) is 8.42 Å². The maximum Gasteiger partial charge on any atom is 0.405 e. The molecule has 1 fully saturated rings. The Hall–Kier alpha value is -2.14. The first-order valence-electron chi connectivity index (χ1n) is 7.78. The molecule has 0 bridgehead atoms. The fraction of sp³-hybridized carbons (Fsp3) is 0.467. The van der Waals surface area contributed by atoms with Gasteiger partial charge in [0.15, 0.2) is 0 Å². The first-order chi connectivity index (χ1) is 12.0. The van der Waals surface area contributed by atoms with Gasteiger partial charge in [-0.15, -0.1) is 0 Å². The minimum Gasteiger partial charge on any atom is -0.368 e. The highest BCUT2D eigenvalue weighted by atomic mass is 32.2. The van der Waals surface area contributed by atoms with Gasteiger partial charge in [-0.1, -0.05) is 6.42 Å². The van der Waals surface area contributed by atoms with Crippen molar-refractivity contribution < 1.29 is 31.2 Å². The Morgan fingerprint density at radius 3 is 2.35 bits per heavy atom. The van der Waals surface area contributed by atoms with Crippen molar-refractivity contribution in [2.45, 2.75) is 36.4 Å². The number of rotatable bonds is 5. The van der Waals surface area contributed by atoms with Crippen LogP contribution in [0.5, 0.6) is 0 Å². The summed E-state index contributed by atoms with van der Waals surface area (Å²) in [6.45, 7) is -1.34. The SMILES string of the molecule is NC(=O)[C@H]1CCCCN1S(=O)(=O)c1ccc(C(=O)NCC(F)(F)F)cc1. The standard InChI is InChI=1S/C15H18F3N3O4S/c16-15(17,18)9-20-14(23)10-4-6-11(7-5-10)26(24,25)21-8-2-1-3-12(21)13(19)22/h4-7,12H,1-3,8-9H2,(H2,19,22)(H,20,23)/t12-/m1/s1. The number of halogens is 3. The maximum atomic E-state index is 12.7. The van der Waals surface area contributed by atoms with Crippen LogP contribution in [0.1, 0.15) is 29.6 Å². The quantitative estimate of drug-likeness (QED) is 0.778. The molecule has 26 heavy (non-hydrogen) atoms. The minimum absolute atomic E-state index is 0.113. The molecule has 0 aliphatic carbocycles. The molecule has 0 unspecified atom stereocenters. The van der Waals surface area contributed by atoms with Crippen LogP contribution in [0.25, 0.3) is 0 Å². The summed E-state index contributed by atoms with van der Waals surface area (Å²) in [7, 11) is -4.01. The third kappa shape index (κ3) is 4.73. The second kappa shape index (κ2) is 7.62. The van der Waals surface area contributed by atoms with Gasteiger partial charge in [0.2, 0.25) is 15.9 Å². The molecule has 0 aromatic heterocycles. The molecule has 1 atom stereocenters. The molecular weight excluding hydrogens is 375 g/mol. The predicted molar refractivity (Wildman–Crippen MR) is 85.6 cm³/mol. The number of hydrogen-bond acceptors (Lipinski definition) is 4. The van der Waals surface area contributed by atoms with Crippen molar-refractivity contribution in [3.63, 3.8) is 0 Å². The lowest BCUT2D eigenvalue weighted by molar-refractivity contribution is -0.123. The summed E-state index contributed by atoms with van der Waals surface area (Å²) in [4.78, 5) is 23.0. The number of benzene rings is 1. The Balaban J connectivity index is 2.18. The predicted octanol–water partition coefficient (Wildman–Crippen LogP) is 1.01. The first-order valence-corrected chi connectivity index (χ1v) is 9.22. The highest BCUT2D eigenvalue weighted by Crippen LogP contribution is 2.25. The number of nitrogens with zero attached hydrogens (tertiary/aromatic N) is 1. The van der Waals surface area contributed by atoms with E-state index in [1.54, 1.807) is 5.32 Å². The molecule has 144 valence electrons. The molecule has 0 spiro atoms. The molecule has 2 rings (SSSR count). The highest BCUT2D eigenvalue weighted by Gasteiger charge is 2.36. The average Bonchev–Trinajstić information content (AvgIpc) is 2.59. The summed E-state index contributed by atoms with van der Waals surface area (Å²) < 4.78 is 62.8. The molecule has 11 heteroatoms. The van der Waals surface area contributed by atoms with Crippen molar-refractivity contribution in [3.05, 3.63) is 29.8 Å². The fourth-order valence-corrected chi connectivity index (χ4v) is 4.34. The number of nitrogens with two attached hydrogens (primary N) is 1. The Bertz CT molecular complexity index is 778. The zero-order chi connectivity index (χ0) is 19.5. The van der Waals surface area contributed by atoms with E-state index in [0.29, 0.717) is 19.3 Å². The molecule has 1 heterocycles. The average molecular weight is 393 g/mol. The molecule has 1 aliphatic heterocycles. The highest BCUT2D eigenvalue weighted by molar-refractivity contribution is 7.89. The smallest absolute Gasteiger partial charge is 0.368 e. The van der Waals surface area contributed by atoms with Gasteiger partial charge in [-0.05, 0) is 37.1 Å². The number of carbonyl (C=O) groups is 2. The van der Waals surface area contributed by atoms with E-state index >= 15 is 0 Å². The topological polar surface area (TPSA) is 110 Å². The van der Waals surface area contributed by atoms with E-state index in [9.17, 15) is 31.2 Å². The van der Waals surface area contributed by atoms with E-state index in [-0.39, 0.29) is 17.0 Å². The van der Waals surface area contributed by atoms with E-state index in [1.165, 1.54) is 0 Å². The summed E-state index contributed by atoms with van der Waals surface area (Å²) in [6, 6.07) is 3.52. The second-order valence-corrected chi connectivity index (χ2v) is 7.74. The van der Waals surface area contributed by atoms with Gasteiger partial charge in [0.25, 0.3) is 5.91 Å². The second-order valence-electron chi connectivity index (χ2n) is 5.85. The zero-order valence-electron chi connectivity index (χ0n) is 13.6. The van der Waals surface area contributed by atoms with E-state index in [1.807, 2.05) is 0 Å². The van der Waals surface area contributed by atoms with Gasteiger partial charge in [-0.3, -0.25) is 9.59 Å². The van der Waals surface area contributed by atoms with Gasteiger partial charge in [0.05, 0.1) is 4.90 Å². The number of carbonyl (C=O) groups excluding carboxylic acids is 2. The Labute approximate surface area is 148 Å². The molecular formula is C15H18F3N3O4S. The van der Waals surface area contributed by atoms with Gasteiger partial charge >= 0.3 is 6.18 Å². The first kappa shape index (κ1) is 20.2. The lowest BCUT2D eigenvalue weighted by Crippen LogP contribution is -2.50. The molecule has 2 amide bonds. The van der Waals surface area contributed by atoms with Crippen molar-refractivity contribution in [1.29, 1.82) is 0 Å². The molecule has 1 aromatic carbocycles. The van der Waals surface area contributed by atoms with Gasteiger partial charge in [0, 0.05) is 12.1 Å². The van der Waals surface area contributed by atoms with Crippen LogP contribution in [0.2, 0.25) is 0 Å². The van der Waals surface area contributed by atoms with Crippen molar-refractivity contribution in [1.82, 2.24) is 9.62 Å². The number of amides is 2. The summed E-state index contributed by atoms with van der Waals surface area (Å²) in [5.41, 5.74) is 5.16. The summed E-state index contributed by atoms with van der Waals surface area (Å²) in [6.07, 6.45) is -2.96. The molecule has 0 radical (unpaired) electrons. The minimum atomic E-state index is -4.54. The number of hydrogen-bond donors (Lipinski definition) is 2. The molecule has 1 aliphatic rings. The summed E-state index contributed by atoms with van der Waals surface area (Å²) in [5.74, 6) is -1.71. The van der Waals surface area contributed by atoms with Crippen LogP contribution in [0.15, 0.2) is 29.2 Å². The van der Waals surface area contributed by atoms with Crippen molar-refractivity contribution in [3.8, 4) is 0 Å². The third-order valence-corrected chi connectivity index (χ3v) is 5.88. The van der Waals surface area contributed by atoms with E-state index in [2.05, 4.69) is 0 Å². The lowest BCUT2D eigenvalue weighted by Gasteiger charge is -2.32. The van der Waals surface area contributed by atoms with Crippen molar-refractivity contribution in [2.24, 2.45) is 5.73 Å². The van der Waals surface area contributed by atoms with Gasteiger partial charge < -0.3 is 11.1 Å². The van der Waals surface area contributed by atoms with Crippen LogP contribution in [0.3, 0.4) is 0 Å². The Morgan fingerprint density at radius 2 is 1.81 bits per heavy atom. The van der Waals surface area contributed by atoms with E-state index in [0.717, 1.165) is 28.6 Å². The van der Waals surface area contributed by atoms with Crippen LogP contribution in [0.4, 0.5) is 13.2 Å². The van der Waals surface area contributed by atoms with Gasteiger partial charge in [-0.2, -0.15) is 17.5 Å². The molecule has 0 saturated carbocycles. The van der Waals surface area contributed by atoms with E-state index in [4.69, 9.17) is 5.73 Å². The number of alkyl halides is 3. The monoisotopic (exact) mass is 393 g/mol.